The van der Waals surface area contributed by atoms with Gasteiger partial charge in [-0.25, -0.2) is 0 Å². The summed E-state index contributed by atoms with van der Waals surface area (Å²) in [5.41, 5.74) is 0.604. The summed E-state index contributed by atoms with van der Waals surface area (Å²) in [5.74, 6) is -0.0676. The second kappa shape index (κ2) is 9.17. The smallest absolute Gasteiger partial charge is 0.387 e. The average molecular weight is 367 g/mol. The fraction of sp³-hybridized carbons (Fsp3) is 0.500. The second-order valence-electron chi connectivity index (χ2n) is 5.02. The van der Waals surface area contributed by atoms with Gasteiger partial charge in [-0.1, -0.05) is 11.6 Å². The van der Waals surface area contributed by atoms with Crippen molar-refractivity contribution in [1.29, 1.82) is 0 Å². The molecule has 128 valence electrons. The second-order valence-corrected chi connectivity index (χ2v) is 5.83. The van der Waals surface area contributed by atoms with Crippen molar-refractivity contribution in [3.63, 3.8) is 0 Å². The Hall–Kier alpha value is -1.22. The quantitative estimate of drug-likeness (QED) is 0.659. The fourth-order valence-corrected chi connectivity index (χ4v) is 2.65. The number of hydrogen-bond donors (Lipinski definition) is 3. The topological polar surface area (TPSA) is 47.0 Å². The molecule has 2 rings (SSSR count). The van der Waals surface area contributed by atoms with Gasteiger partial charge >= 0.3 is 6.61 Å². The van der Waals surface area contributed by atoms with Crippen LogP contribution in [-0.4, -0.2) is 51.1 Å². The number of benzene rings is 1. The molecule has 23 heavy (non-hydrogen) atoms. The summed E-state index contributed by atoms with van der Waals surface area (Å²) < 4.78 is 33.9. The summed E-state index contributed by atoms with van der Waals surface area (Å²) in [7, 11) is 0. The molecule has 1 aromatic rings. The highest BCUT2D eigenvalue weighted by Crippen LogP contribution is 2.28. The predicted molar refractivity (Wildman–Crippen MR) is 88.7 cm³/mol. The van der Waals surface area contributed by atoms with Crippen LogP contribution in [0.15, 0.2) is 18.2 Å². The lowest BCUT2D eigenvalue weighted by Gasteiger charge is -2.24. The van der Waals surface area contributed by atoms with Gasteiger partial charge in [0, 0.05) is 5.69 Å². The molecule has 1 fully saturated rings. The summed E-state index contributed by atoms with van der Waals surface area (Å²) in [4.78, 5) is 1.48. The van der Waals surface area contributed by atoms with E-state index in [0.717, 1.165) is 39.4 Å². The lowest BCUT2D eigenvalue weighted by Crippen LogP contribution is -3.14. The van der Waals surface area contributed by atoms with Gasteiger partial charge in [0.05, 0.1) is 31.3 Å². The SMILES string of the molecule is FC(F)Oc1ccc(NC(=S)NCC[NH+]2CCOCC2)cc1Cl. The Morgan fingerprint density at radius 2 is 2.13 bits per heavy atom. The van der Waals surface area contributed by atoms with Gasteiger partial charge in [-0.3, -0.25) is 0 Å². The van der Waals surface area contributed by atoms with Crippen LogP contribution in [0.5, 0.6) is 5.75 Å². The highest BCUT2D eigenvalue weighted by molar-refractivity contribution is 7.80. The van der Waals surface area contributed by atoms with Crippen LogP contribution >= 0.6 is 23.8 Å². The van der Waals surface area contributed by atoms with E-state index in [1.807, 2.05) is 0 Å². The van der Waals surface area contributed by atoms with Crippen molar-refractivity contribution in [2.75, 3.05) is 44.7 Å². The van der Waals surface area contributed by atoms with E-state index in [1.165, 1.54) is 17.0 Å². The Kier molecular flexibility index (Phi) is 7.22. The van der Waals surface area contributed by atoms with E-state index in [4.69, 9.17) is 28.6 Å². The highest BCUT2D eigenvalue weighted by Gasteiger charge is 2.13. The minimum absolute atomic E-state index is 0.0676. The summed E-state index contributed by atoms with van der Waals surface area (Å²) in [6.07, 6.45) is 0. The van der Waals surface area contributed by atoms with Crippen LogP contribution in [0.3, 0.4) is 0 Å². The number of morpholine rings is 1. The van der Waals surface area contributed by atoms with Gasteiger partial charge in [0.25, 0.3) is 0 Å². The number of hydrogen-bond acceptors (Lipinski definition) is 3. The first kappa shape index (κ1) is 18.1. The van der Waals surface area contributed by atoms with E-state index in [2.05, 4.69) is 15.4 Å². The van der Waals surface area contributed by atoms with Crippen LogP contribution in [0.1, 0.15) is 0 Å². The molecule has 5 nitrogen and oxygen atoms in total. The van der Waals surface area contributed by atoms with Gasteiger partial charge < -0.3 is 25.0 Å². The van der Waals surface area contributed by atoms with Crippen LogP contribution < -0.4 is 20.3 Å². The first-order chi connectivity index (χ1) is 11.0. The third kappa shape index (κ3) is 6.42. The zero-order chi connectivity index (χ0) is 16.7. The Bertz CT molecular complexity index is 531. The molecule has 1 saturated heterocycles. The van der Waals surface area contributed by atoms with Gasteiger partial charge in [-0.05, 0) is 30.4 Å². The van der Waals surface area contributed by atoms with Gasteiger partial charge in [0.1, 0.15) is 18.8 Å². The zero-order valence-corrected chi connectivity index (χ0v) is 14.0. The molecule has 1 aliphatic heterocycles. The Labute approximate surface area is 143 Å². The molecule has 9 heteroatoms. The van der Waals surface area contributed by atoms with Crippen LogP contribution in [0.2, 0.25) is 5.02 Å². The number of rotatable bonds is 6. The van der Waals surface area contributed by atoms with Crippen LogP contribution in [0.25, 0.3) is 0 Å². The molecule has 0 amide bonds. The van der Waals surface area contributed by atoms with E-state index >= 15 is 0 Å². The van der Waals surface area contributed by atoms with Crippen molar-refractivity contribution in [1.82, 2.24) is 5.32 Å². The molecule has 0 spiro atoms. The molecule has 0 atom stereocenters. The summed E-state index contributed by atoms with van der Waals surface area (Å²) in [6.45, 7) is 2.38. The van der Waals surface area contributed by atoms with Gasteiger partial charge in [0.2, 0.25) is 0 Å². The average Bonchev–Trinajstić information content (AvgIpc) is 2.51. The molecule has 0 aromatic heterocycles. The van der Waals surface area contributed by atoms with Crippen molar-refractivity contribution >= 4 is 34.6 Å². The third-order valence-corrected chi connectivity index (χ3v) is 3.91. The summed E-state index contributed by atoms with van der Waals surface area (Å²) >= 11 is 11.1. The molecule has 0 radical (unpaired) electrons. The van der Waals surface area contributed by atoms with Crippen molar-refractivity contribution in [3.8, 4) is 5.75 Å². The van der Waals surface area contributed by atoms with E-state index in [0.29, 0.717) is 10.8 Å². The molecular formula is C14H19ClF2N3O2S+. The molecule has 0 bridgehead atoms. The van der Waals surface area contributed by atoms with Crippen LogP contribution in [-0.2, 0) is 4.74 Å². The lowest BCUT2D eigenvalue weighted by atomic mass is 10.3. The molecule has 1 aliphatic rings. The maximum Gasteiger partial charge on any atom is 0.387 e. The molecule has 1 heterocycles. The largest absolute Gasteiger partial charge is 0.433 e. The minimum Gasteiger partial charge on any atom is -0.433 e. The Morgan fingerprint density at radius 1 is 1.39 bits per heavy atom. The first-order valence-electron chi connectivity index (χ1n) is 7.25. The highest BCUT2D eigenvalue weighted by atomic mass is 35.5. The number of anilines is 1. The van der Waals surface area contributed by atoms with Crippen molar-refractivity contribution in [3.05, 3.63) is 23.2 Å². The van der Waals surface area contributed by atoms with Crippen molar-refractivity contribution in [2.45, 2.75) is 6.61 Å². The summed E-state index contributed by atoms with van der Waals surface area (Å²) in [6, 6.07) is 4.43. The number of nitrogens with one attached hydrogen (secondary N) is 3. The number of halogens is 3. The van der Waals surface area contributed by atoms with Crippen molar-refractivity contribution in [2.24, 2.45) is 0 Å². The number of thiocarbonyl (C=S) groups is 1. The fourth-order valence-electron chi connectivity index (χ4n) is 2.21. The van der Waals surface area contributed by atoms with E-state index < -0.39 is 6.61 Å². The van der Waals surface area contributed by atoms with E-state index in [9.17, 15) is 8.78 Å². The van der Waals surface area contributed by atoms with Gasteiger partial charge in [0.15, 0.2) is 5.11 Å². The van der Waals surface area contributed by atoms with Gasteiger partial charge in [-0.2, -0.15) is 8.78 Å². The molecule has 0 saturated carbocycles. The molecular weight excluding hydrogens is 348 g/mol. The third-order valence-electron chi connectivity index (χ3n) is 3.37. The predicted octanol–water partition coefficient (Wildman–Crippen LogP) is 1.14. The van der Waals surface area contributed by atoms with Crippen molar-refractivity contribution < 1.29 is 23.2 Å². The Balaban J connectivity index is 1.75. The molecule has 1 aromatic carbocycles. The number of ether oxygens (including phenoxy) is 2. The standard InChI is InChI=1S/C14H18ClF2N3O2S/c15-11-9-10(1-2-12(11)22-13(16)17)19-14(23)18-3-4-20-5-7-21-8-6-20/h1-2,9,13H,3-8H2,(H2,18,19,23)/p+1. The molecule has 0 aliphatic carbocycles. The monoisotopic (exact) mass is 366 g/mol. The van der Waals surface area contributed by atoms with Crippen LogP contribution in [0.4, 0.5) is 14.5 Å². The Morgan fingerprint density at radius 3 is 2.78 bits per heavy atom. The molecule has 3 N–H and O–H groups in total. The maximum atomic E-state index is 12.2. The summed E-state index contributed by atoms with van der Waals surface area (Å²) in [5, 5.41) is 6.62. The van der Waals surface area contributed by atoms with Gasteiger partial charge in [-0.15, -0.1) is 0 Å². The number of alkyl halides is 2. The first-order valence-corrected chi connectivity index (χ1v) is 8.04. The van der Waals surface area contributed by atoms with E-state index in [-0.39, 0.29) is 10.8 Å². The zero-order valence-electron chi connectivity index (χ0n) is 12.4. The van der Waals surface area contributed by atoms with Crippen LogP contribution in [0, 0.1) is 0 Å². The van der Waals surface area contributed by atoms with E-state index in [1.54, 1.807) is 6.07 Å². The maximum absolute atomic E-state index is 12.2. The lowest BCUT2D eigenvalue weighted by molar-refractivity contribution is -0.906. The normalized spacial score (nSPS) is 15.5. The molecule has 0 unspecified atom stereocenters. The minimum atomic E-state index is -2.91. The number of quaternary nitrogens is 1.